The van der Waals surface area contributed by atoms with Crippen molar-refractivity contribution in [3.63, 3.8) is 0 Å². The molecule has 1 atom stereocenters. The number of esters is 1. The van der Waals surface area contributed by atoms with Crippen LogP contribution in [-0.4, -0.2) is 41.0 Å². The Labute approximate surface area is 161 Å². The van der Waals surface area contributed by atoms with E-state index in [1.165, 1.54) is 5.56 Å². The molecule has 1 aliphatic rings. The summed E-state index contributed by atoms with van der Waals surface area (Å²) in [6.45, 7) is 10.3. The van der Waals surface area contributed by atoms with Crippen LogP contribution in [-0.2, 0) is 22.5 Å². The van der Waals surface area contributed by atoms with Crippen LogP contribution in [0.1, 0.15) is 55.2 Å². The lowest BCUT2D eigenvalue weighted by Gasteiger charge is -2.32. The summed E-state index contributed by atoms with van der Waals surface area (Å²) in [4.78, 5) is 27.4. The Hall–Kier alpha value is -2.30. The first-order chi connectivity index (χ1) is 13.0. The first-order valence-corrected chi connectivity index (χ1v) is 10.1. The summed E-state index contributed by atoms with van der Waals surface area (Å²) in [6, 6.07) is 6.46. The molecule has 1 amide bonds. The second-order valence-corrected chi connectivity index (χ2v) is 7.27. The molecule has 1 unspecified atom stereocenters. The maximum absolute atomic E-state index is 13.4. The Bertz CT molecular complexity index is 853. The normalized spacial score (nSPS) is 17.3. The van der Waals surface area contributed by atoms with Gasteiger partial charge in [-0.15, -0.1) is 0 Å². The molecule has 2 heterocycles. The van der Waals surface area contributed by atoms with Gasteiger partial charge in [-0.25, -0.2) is 0 Å². The third-order valence-corrected chi connectivity index (χ3v) is 5.64. The number of aromatic nitrogens is 1. The zero-order chi connectivity index (χ0) is 19.6. The summed E-state index contributed by atoms with van der Waals surface area (Å²) in [5.41, 5.74) is 4.17. The van der Waals surface area contributed by atoms with Gasteiger partial charge in [0, 0.05) is 30.5 Å². The third kappa shape index (κ3) is 3.60. The Morgan fingerprint density at radius 3 is 2.67 bits per heavy atom. The molecule has 0 saturated carbocycles. The molecule has 5 heteroatoms. The first kappa shape index (κ1) is 19.5. The van der Waals surface area contributed by atoms with Crippen LogP contribution in [0.15, 0.2) is 18.2 Å². The number of aryl methyl sites for hydroxylation is 3. The quantitative estimate of drug-likeness (QED) is 0.749. The van der Waals surface area contributed by atoms with E-state index >= 15 is 0 Å². The number of piperidine rings is 1. The fourth-order valence-corrected chi connectivity index (χ4v) is 4.16. The Morgan fingerprint density at radius 2 is 2.00 bits per heavy atom. The highest BCUT2D eigenvalue weighted by Crippen LogP contribution is 2.29. The number of hydrogen-bond acceptors (Lipinski definition) is 3. The maximum atomic E-state index is 13.4. The Balaban J connectivity index is 1.95. The molecule has 146 valence electrons. The number of likely N-dealkylation sites (tertiary alicyclic amines) is 1. The highest BCUT2D eigenvalue weighted by Gasteiger charge is 2.32. The number of hydrogen-bond donors (Lipinski definition) is 0. The van der Waals surface area contributed by atoms with Gasteiger partial charge < -0.3 is 14.2 Å². The monoisotopic (exact) mass is 370 g/mol. The Kier molecular flexibility index (Phi) is 5.88. The fourth-order valence-electron chi connectivity index (χ4n) is 4.16. The number of fused-ring (bicyclic) bond motifs is 1. The smallest absolute Gasteiger partial charge is 0.310 e. The lowest BCUT2D eigenvalue weighted by molar-refractivity contribution is -0.149. The van der Waals surface area contributed by atoms with E-state index in [9.17, 15) is 9.59 Å². The van der Waals surface area contributed by atoms with E-state index in [4.69, 9.17) is 4.74 Å². The van der Waals surface area contributed by atoms with E-state index in [2.05, 4.69) is 36.6 Å². The molecule has 0 aliphatic carbocycles. The highest BCUT2D eigenvalue weighted by atomic mass is 16.5. The molecule has 1 saturated heterocycles. The van der Waals surface area contributed by atoms with Crippen molar-refractivity contribution in [1.82, 2.24) is 9.47 Å². The van der Waals surface area contributed by atoms with Crippen molar-refractivity contribution in [3.8, 4) is 0 Å². The average Bonchev–Trinajstić information content (AvgIpc) is 2.98. The molecule has 1 aromatic carbocycles. The molecule has 0 bridgehead atoms. The van der Waals surface area contributed by atoms with Crippen molar-refractivity contribution < 1.29 is 14.3 Å². The Morgan fingerprint density at radius 1 is 1.22 bits per heavy atom. The number of carbonyl (C=O) groups is 2. The fraction of sp³-hybridized carbons (Fsp3) is 0.545. The van der Waals surface area contributed by atoms with Gasteiger partial charge in [-0.1, -0.05) is 13.0 Å². The summed E-state index contributed by atoms with van der Waals surface area (Å²) >= 11 is 0. The zero-order valence-electron chi connectivity index (χ0n) is 16.9. The largest absolute Gasteiger partial charge is 0.466 e. The molecule has 27 heavy (non-hydrogen) atoms. The van der Waals surface area contributed by atoms with E-state index in [0.29, 0.717) is 19.7 Å². The molecular formula is C22H30N2O3. The van der Waals surface area contributed by atoms with Crippen LogP contribution < -0.4 is 0 Å². The molecule has 0 radical (unpaired) electrons. The number of amides is 1. The van der Waals surface area contributed by atoms with Crippen LogP contribution in [0.25, 0.3) is 10.9 Å². The van der Waals surface area contributed by atoms with Crippen LogP contribution >= 0.6 is 0 Å². The van der Waals surface area contributed by atoms with E-state index in [-0.39, 0.29) is 17.8 Å². The van der Waals surface area contributed by atoms with Gasteiger partial charge in [-0.05, 0) is 63.3 Å². The molecule has 0 spiro atoms. The minimum Gasteiger partial charge on any atom is -0.466 e. The standard InChI is InChI=1S/C22H30N2O3/c1-5-16-10-11-19-18(13-16)15(4)20(24(19)6-2)21(25)23-12-8-9-17(14-23)22(26)27-7-3/h10-11,13,17H,5-9,12,14H2,1-4H3. The lowest BCUT2D eigenvalue weighted by atomic mass is 9.97. The number of ether oxygens (including phenoxy) is 1. The maximum Gasteiger partial charge on any atom is 0.310 e. The van der Waals surface area contributed by atoms with Crippen molar-refractivity contribution in [2.24, 2.45) is 5.92 Å². The van der Waals surface area contributed by atoms with Crippen LogP contribution in [0.3, 0.4) is 0 Å². The van der Waals surface area contributed by atoms with Crippen molar-refractivity contribution in [2.45, 2.75) is 53.5 Å². The predicted molar refractivity (Wildman–Crippen MR) is 107 cm³/mol. The molecule has 0 N–H and O–H groups in total. The molecule has 1 aliphatic heterocycles. The summed E-state index contributed by atoms with van der Waals surface area (Å²) < 4.78 is 7.29. The van der Waals surface area contributed by atoms with E-state index in [0.717, 1.165) is 48.0 Å². The molecule has 5 nitrogen and oxygen atoms in total. The van der Waals surface area contributed by atoms with Gasteiger partial charge in [-0.3, -0.25) is 9.59 Å². The van der Waals surface area contributed by atoms with Crippen LogP contribution in [0.2, 0.25) is 0 Å². The van der Waals surface area contributed by atoms with Crippen molar-refractivity contribution in [3.05, 3.63) is 35.0 Å². The molecule has 2 aromatic rings. The minimum absolute atomic E-state index is 0.0256. The highest BCUT2D eigenvalue weighted by molar-refractivity contribution is 6.02. The molecule has 3 rings (SSSR count). The predicted octanol–water partition coefficient (Wildman–Crippen LogP) is 3.95. The second-order valence-electron chi connectivity index (χ2n) is 7.27. The van der Waals surface area contributed by atoms with Gasteiger partial charge in [0.25, 0.3) is 5.91 Å². The van der Waals surface area contributed by atoms with Crippen molar-refractivity contribution in [1.29, 1.82) is 0 Å². The summed E-state index contributed by atoms with van der Waals surface area (Å²) in [7, 11) is 0. The van der Waals surface area contributed by atoms with Gasteiger partial charge in [0.2, 0.25) is 0 Å². The van der Waals surface area contributed by atoms with E-state index in [1.54, 1.807) is 0 Å². The van der Waals surface area contributed by atoms with Gasteiger partial charge >= 0.3 is 5.97 Å². The van der Waals surface area contributed by atoms with Gasteiger partial charge in [0.15, 0.2) is 0 Å². The van der Waals surface area contributed by atoms with Crippen molar-refractivity contribution in [2.75, 3.05) is 19.7 Å². The number of nitrogens with zero attached hydrogens (tertiary/aromatic N) is 2. The van der Waals surface area contributed by atoms with E-state index in [1.807, 2.05) is 18.7 Å². The molecule has 1 aromatic heterocycles. The average molecular weight is 370 g/mol. The van der Waals surface area contributed by atoms with Crippen LogP contribution in [0.4, 0.5) is 0 Å². The van der Waals surface area contributed by atoms with Crippen LogP contribution in [0, 0.1) is 12.8 Å². The lowest BCUT2D eigenvalue weighted by Crippen LogP contribution is -2.43. The number of carbonyl (C=O) groups excluding carboxylic acids is 2. The van der Waals surface area contributed by atoms with Gasteiger partial charge in [-0.2, -0.15) is 0 Å². The summed E-state index contributed by atoms with van der Waals surface area (Å²) in [5.74, 6) is -0.373. The number of benzene rings is 1. The van der Waals surface area contributed by atoms with E-state index < -0.39 is 0 Å². The number of rotatable bonds is 5. The third-order valence-electron chi connectivity index (χ3n) is 5.64. The van der Waals surface area contributed by atoms with Crippen molar-refractivity contribution >= 4 is 22.8 Å². The molecule has 1 fully saturated rings. The second kappa shape index (κ2) is 8.15. The van der Waals surface area contributed by atoms with Gasteiger partial charge in [0.1, 0.15) is 5.69 Å². The molecular weight excluding hydrogens is 340 g/mol. The summed E-state index contributed by atoms with van der Waals surface area (Å²) in [6.07, 6.45) is 2.60. The minimum atomic E-state index is -0.214. The first-order valence-electron chi connectivity index (χ1n) is 10.1. The zero-order valence-corrected chi connectivity index (χ0v) is 16.9. The van der Waals surface area contributed by atoms with Gasteiger partial charge in [0.05, 0.1) is 12.5 Å². The topological polar surface area (TPSA) is 51.5 Å². The summed E-state index contributed by atoms with van der Waals surface area (Å²) in [5, 5.41) is 1.15. The SMILES string of the molecule is CCOC(=O)C1CCCN(C(=O)c2c(C)c3cc(CC)ccc3n2CC)C1. The van der Waals surface area contributed by atoms with Crippen LogP contribution in [0.5, 0.6) is 0 Å².